The van der Waals surface area contributed by atoms with Crippen molar-refractivity contribution in [2.24, 2.45) is 10.2 Å². The summed E-state index contributed by atoms with van der Waals surface area (Å²) in [6, 6.07) is 9.81. The summed E-state index contributed by atoms with van der Waals surface area (Å²) in [7, 11) is 0. The van der Waals surface area contributed by atoms with Gasteiger partial charge in [-0.1, -0.05) is 18.2 Å². The van der Waals surface area contributed by atoms with Crippen molar-refractivity contribution in [3.05, 3.63) is 30.3 Å². The first-order valence-electron chi connectivity index (χ1n) is 5.19. The highest BCUT2D eigenvalue weighted by Gasteiger charge is 2.47. The van der Waals surface area contributed by atoms with Gasteiger partial charge in [-0.3, -0.25) is 10.9 Å². The van der Waals surface area contributed by atoms with E-state index in [2.05, 4.69) is 21.1 Å². The van der Waals surface area contributed by atoms with Gasteiger partial charge in [0.25, 0.3) is 0 Å². The Balaban J connectivity index is 1.77. The van der Waals surface area contributed by atoms with Crippen LogP contribution in [0.1, 0.15) is 6.92 Å². The van der Waals surface area contributed by atoms with E-state index in [1.807, 2.05) is 37.3 Å². The van der Waals surface area contributed by atoms with Crippen LogP contribution >= 0.6 is 0 Å². The average Bonchev–Trinajstić information content (AvgIpc) is 3.08. The summed E-state index contributed by atoms with van der Waals surface area (Å²) in [5, 5.41) is 8.45. The number of benzene rings is 1. The number of rotatable bonds is 2. The number of nitrogens with one attached hydrogen (secondary N) is 2. The summed E-state index contributed by atoms with van der Waals surface area (Å²) in [4.78, 5) is 0. The summed E-state index contributed by atoms with van der Waals surface area (Å²) in [6.45, 7) is 1.91. The van der Waals surface area contributed by atoms with Crippen molar-refractivity contribution in [3.63, 3.8) is 0 Å². The molecule has 2 aliphatic heterocycles. The lowest BCUT2D eigenvalue weighted by atomic mass is 10.2. The molecule has 0 bridgehead atoms. The molecule has 2 aliphatic rings. The van der Waals surface area contributed by atoms with Crippen LogP contribution in [0.15, 0.2) is 40.5 Å². The zero-order valence-electron chi connectivity index (χ0n) is 8.84. The maximum atomic E-state index is 5.35. The third kappa shape index (κ3) is 1.65. The number of hydrogen-bond donors (Lipinski definition) is 2. The van der Waals surface area contributed by atoms with E-state index in [9.17, 15) is 0 Å². The molecule has 1 saturated heterocycles. The molecule has 5 nitrogen and oxygen atoms in total. The number of hydrogen-bond acceptors (Lipinski definition) is 5. The van der Waals surface area contributed by atoms with Gasteiger partial charge in [0, 0.05) is 0 Å². The fourth-order valence-electron chi connectivity index (χ4n) is 1.62. The zero-order chi connectivity index (χ0) is 11.0. The predicted molar refractivity (Wildman–Crippen MR) is 62.4 cm³/mol. The molecule has 2 N–H and O–H groups in total. The van der Waals surface area contributed by atoms with Crippen molar-refractivity contribution >= 4 is 17.1 Å². The Bertz CT molecular complexity index is 454. The van der Waals surface area contributed by atoms with Gasteiger partial charge >= 0.3 is 0 Å². The third-order valence-electron chi connectivity index (χ3n) is 2.57. The minimum absolute atomic E-state index is 0.0139. The van der Waals surface area contributed by atoms with Gasteiger partial charge in [0.1, 0.15) is 5.71 Å². The van der Waals surface area contributed by atoms with Crippen molar-refractivity contribution in [3.8, 4) is 0 Å². The Labute approximate surface area is 93.2 Å². The molecular weight excluding hydrogens is 204 g/mol. The van der Waals surface area contributed by atoms with Gasteiger partial charge in [0.05, 0.1) is 11.4 Å². The molecule has 5 heteroatoms. The van der Waals surface area contributed by atoms with Crippen molar-refractivity contribution < 1.29 is 4.74 Å². The van der Waals surface area contributed by atoms with Crippen LogP contribution in [0.3, 0.4) is 0 Å². The van der Waals surface area contributed by atoms with E-state index >= 15 is 0 Å². The average molecular weight is 216 g/mol. The molecule has 0 spiro atoms. The van der Waals surface area contributed by atoms with Crippen LogP contribution in [0.4, 0.5) is 5.69 Å². The van der Waals surface area contributed by atoms with E-state index in [-0.39, 0.29) is 12.3 Å². The molecule has 2 heterocycles. The van der Waals surface area contributed by atoms with E-state index in [1.54, 1.807) is 0 Å². The highest BCUT2D eigenvalue weighted by atomic mass is 16.6. The van der Waals surface area contributed by atoms with E-state index in [0.29, 0.717) is 0 Å². The first-order chi connectivity index (χ1) is 7.84. The zero-order valence-corrected chi connectivity index (χ0v) is 8.84. The Morgan fingerprint density at radius 3 is 3.00 bits per heavy atom. The van der Waals surface area contributed by atoms with Crippen molar-refractivity contribution in [2.45, 2.75) is 19.3 Å². The lowest BCUT2D eigenvalue weighted by Crippen LogP contribution is -2.31. The number of epoxide rings is 1. The van der Waals surface area contributed by atoms with E-state index in [4.69, 9.17) is 4.74 Å². The van der Waals surface area contributed by atoms with Gasteiger partial charge in [-0.25, -0.2) is 0 Å². The Kier molecular flexibility index (Phi) is 2.11. The molecule has 0 amide bonds. The van der Waals surface area contributed by atoms with Crippen LogP contribution in [-0.2, 0) is 4.74 Å². The van der Waals surface area contributed by atoms with E-state index in [1.165, 1.54) is 0 Å². The molecule has 16 heavy (non-hydrogen) atoms. The minimum atomic E-state index is 0.0139. The normalized spacial score (nSPS) is 29.1. The molecule has 0 saturated carbocycles. The number of para-hydroxylation sites is 1. The van der Waals surface area contributed by atoms with Crippen LogP contribution < -0.4 is 10.9 Å². The molecule has 1 aromatic carbocycles. The summed E-state index contributed by atoms with van der Waals surface area (Å²) >= 11 is 0. The second-order valence-electron chi connectivity index (χ2n) is 3.78. The molecule has 0 radical (unpaired) electrons. The fraction of sp³-hybridized carbons (Fsp3) is 0.273. The maximum absolute atomic E-state index is 5.35. The fourth-order valence-corrected chi connectivity index (χ4v) is 1.62. The van der Waals surface area contributed by atoms with Crippen molar-refractivity contribution in [2.75, 3.05) is 5.43 Å². The first kappa shape index (κ1) is 9.35. The van der Waals surface area contributed by atoms with Crippen LogP contribution in [0.25, 0.3) is 0 Å². The Hall–Kier alpha value is -1.88. The quantitative estimate of drug-likeness (QED) is 0.576. The van der Waals surface area contributed by atoms with E-state index in [0.717, 1.165) is 17.1 Å². The topological polar surface area (TPSA) is 61.3 Å². The van der Waals surface area contributed by atoms with Gasteiger partial charge in [-0.2, -0.15) is 10.2 Å². The van der Waals surface area contributed by atoms with Crippen LogP contribution in [0.2, 0.25) is 0 Å². The van der Waals surface area contributed by atoms with Crippen molar-refractivity contribution in [1.29, 1.82) is 0 Å². The lowest BCUT2D eigenvalue weighted by molar-refractivity contribution is 0.367. The number of nitrogens with zero attached hydrogens (tertiary/aromatic N) is 2. The van der Waals surface area contributed by atoms with Gasteiger partial charge < -0.3 is 4.74 Å². The molecule has 1 fully saturated rings. The number of anilines is 1. The second-order valence-corrected chi connectivity index (χ2v) is 3.78. The maximum Gasteiger partial charge on any atom is 0.175 e. The van der Waals surface area contributed by atoms with Gasteiger partial charge in [0.15, 0.2) is 12.3 Å². The van der Waals surface area contributed by atoms with Crippen LogP contribution in [0.5, 0.6) is 0 Å². The molecule has 3 rings (SSSR count). The summed E-state index contributed by atoms with van der Waals surface area (Å²) in [6.07, 6.45) is 0.0636. The monoisotopic (exact) mass is 216 g/mol. The lowest BCUT2D eigenvalue weighted by Gasteiger charge is -2.08. The van der Waals surface area contributed by atoms with Gasteiger partial charge in [-0.05, 0) is 19.1 Å². The highest BCUT2D eigenvalue weighted by molar-refractivity contribution is 6.44. The first-order valence-corrected chi connectivity index (χ1v) is 5.19. The second kappa shape index (κ2) is 3.61. The van der Waals surface area contributed by atoms with Gasteiger partial charge in [-0.15, -0.1) is 0 Å². The SMILES string of the molecule is CC1=NNC2OC2C1=NNc1ccccc1. The summed E-state index contributed by atoms with van der Waals surface area (Å²) in [5.41, 5.74) is 8.58. The molecular formula is C11H12N4O. The number of ether oxygens (including phenoxy) is 1. The largest absolute Gasteiger partial charge is 0.339 e. The summed E-state index contributed by atoms with van der Waals surface area (Å²) < 4.78 is 5.35. The van der Waals surface area contributed by atoms with Gasteiger partial charge in [0.2, 0.25) is 0 Å². The minimum Gasteiger partial charge on any atom is -0.339 e. The molecule has 0 aliphatic carbocycles. The molecule has 2 unspecified atom stereocenters. The van der Waals surface area contributed by atoms with Crippen molar-refractivity contribution in [1.82, 2.24) is 5.43 Å². The van der Waals surface area contributed by atoms with Crippen LogP contribution in [-0.4, -0.2) is 23.8 Å². The standard InChI is InChI=1S/C11H12N4O/c1-7-9(10-11(16-10)15-12-7)14-13-8-5-3-2-4-6-8/h2-6,10-11,13,15H,1H3. The molecule has 82 valence electrons. The predicted octanol–water partition coefficient (Wildman–Crippen LogP) is 1.16. The smallest absolute Gasteiger partial charge is 0.175 e. The molecule has 1 aromatic rings. The van der Waals surface area contributed by atoms with Crippen LogP contribution in [0, 0.1) is 0 Å². The highest BCUT2D eigenvalue weighted by Crippen LogP contribution is 2.24. The Morgan fingerprint density at radius 1 is 1.38 bits per heavy atom. The Morgan fingerprint density at radius 2 is 2.19 bits per heavy atom. The molecule has 2 atom stereocenters. The third-order valence-corrected chi connectivity index (χ3v) is 2.57. The summed E-state index contributed by atoms with van der Waals surface area (Å²) in [5.74, 6) is 0. The van der Waals surface area contributed by atoms with E-state index < -0.39 is 0 Å². The molecule has 0 aromatic heterocycles. The number of hydrazone groups is 2. The number of fused-ring (bicyclic) bond motifs is 1.